The predicted octanol–water partition coefficient (Wildman–Crippen LogP) is 5.84. The minimum atomic E-state index is -2.83. The zero-order chi connectivity index (χ0) is 25.3. The summed E-state index contributed by atoms with van der Waals surface area (Å²) in [7, 11) is -1.21. The van der Waals surface area contributed by atoms with Crippen LogP contribution in [0.25, 0.3) is 0 Å². The Hall–Kier alpha value is -2.75. The maximum Gasteiger partial charge on any atom is 0.261 e. The second-order valence-corrected chi connectivity index (χ2v) is 14.2. The molecule has 3 atom stereocenters. The third-order valence-electron chi connectivity index (χ3n) is 6.59. The molecule has 0 fully saturated rings. The first-order chi connectivity index (χ1) is 16.8. The number of nitriles is 1. The number of hydrogen-bond donors (Lipinski definition) is 0. The van der Waals surface area contributed by atoms with E-state index in [9.17, 15) is 5.26 Å². The zero-order valence-electron chi connectivity index (χ0n) is 21.5. The number of rotatable bonds is 11. The van der Waals surface area contributed by atoms with Gasteiger partial charge >= 0.3 is 0 Å². The highest BCUT2D eigenvalue weighted by atomic mass is 28.4. The van der Waals surface area contributed by atoms with E-state index in [0.29, 0.717) is 0 Å². The Morgan fingerprint density at radius 3 is 1.74 bits per heavy atom. The molecule has 0 aliphatic rings. The quantitative estimate of drug-likeness (QED) is 0.252. The minimum Gasteiger partial charge on any atom is -0.403 e. The van der Waals surface area contributed by atoms with Crippen molar-refractivity contribution < 1.29 is 13.9 Å². The molecule has 0 aliphatic carbocycles. The molecule has 184 valence electrons. The first kappa shape index (κ1) is 26.8. The first-order valence-electron chi connectivity index (χ1n) is 12.2. The van der Waals surface area contributed by atoms with Gasteiger partial charge in [-0.2, -0.15) is 5.26 Å². The van der Waals surface area contributed by atoms with Crippen molar-refractivity contribution in [3.63, 3.8) is 0 Å². The summed E-state index contributed by atoms with van der Waals surface area (Å²) in [6.07, 6.45) is -0.341. The van der Waals surface area contributed by atoms with Gasteiger partial charge < -0.3 is 13.9 Å². The Morgan fingerprint density at radius 1 is 0.829 bits per heavy atom. The molecule has 3 rings (SSSR count). The SMILES string of the molecule is COCO[C@@H](c1ccccc1)[C@@H](C)[C@@H](CC#N)O[Si](c1ccccc1)(c1ccccc1)C(C)(C)C. The summed E-state index contributed by atoms with van der Waals surface area (Å²) >= 11 is 0. The van der Waals surface area contributed by atoms with Gasteiger partial charge in [0.2, 0.25) is 0 Å². The number of methoxy groups -OCH3 is 1. The summed E-state index contributed by atoms with van der Waals surface area (Å²) in [5, 5.41) is 12.1. The molecule has 0 unspecified atom stereocenters. The lowest BCUT2D eigenvalue weighted by Crippen LogP contribution is -2.68. The smallest absolute Gasteiger partial charge is 0.261 e. The van der Waals surface area contributed by atoms with Crippen LogP contribution in [0.2, 0.25) is 5.04 Å². The van der Waals surface area contributed by atoms with E-state index in [2.05, 4.69) is 94.4 Å². The fraction of sp³-hybridized carbons (Fsp3) is 0.367. The molecule has 5 heteroatoms. The summed E-state index contributed by atoms with van der Waals surface area (Å²) in [5.74, 6) is -0.0890. The van der Waals surface area contributed by atoms with Gasteiger partial charge in [0.1, 0.15) is 6.79 Å². The first-order valence-corrected chi connectivity index (χ1v) is 14.1. The van der Waals surface area contributed by atoms with E-state index in [-0.39, 0.29) is 36.4 Å². The van der Waals surface area contributed by atoms with E-state index in [1.807, 2.05) is 30.3 Å². The van der Waals surface area contributed by atoms with Crippen LogP contribution in [-0.4, -0.2) is 28.3 Å². The van der Waals surface area contributed by atoms with Crippen LogP contribution in [0.4, 0.5) is 0 Å². The van der Waals surface area contributed by atoms with Gasteiger partial charge in [-0.3, -0.25) is 0 Å². The van der Waals surface area contributed by atoms with Gasteiger partial charge in [0.05, 0.1) is 24.7 Å². The van der Waals surface area contributed by atoms with Gasteiger partial charge in [-0.15, -0.1) is 0 Å². The third-order valence-corrected chi connectivity index (χ3v) is 11.7. The molecule has 3 aromatic rings. The van der Waals surface area contributed by atoms with Crippen molar-refractivity contribution in [3.05, 3.63) is 96.6 Å². The van der Waals surface area contributed by atoms with Crippen LogP contribution < -0.4 is 10.4 Å². The molecule has 0 saturated heterocycles. The minimum absolute atomic E-state index is 0.0890. The van der Waals surface area contributed by atoms with E-state index in [1.54, 1.807) is 7.11 Å². The van der Waals surface area contributed by atoms with Crippen molar-refractivity contribution in [2.24, 2.45) is 5.92 Å². The maximum atomic E-state index is 9.87. The molecule has 0 aliphatic heterocycles. The summed E-state index contributed by atoms with van der Waals surface area (Å²) in [6.45, 7) is 9.05. The highest BCUT2D eigenvalue weighted by molar-refractivity contribution is 6.99. The lowest BCUT2D eigenvalue weighted by Gasteiger charge is -2.46. The van der Waals surface area contributed by atoms with Gasteiger partial charge in [0.25, 0.3) is 8.32 Å². The van der Waals surface area contributed by atoms with E-state index in [4.69, 9.17) is 13.9 Å². The average Bonchev–Trinajstić information content (AvgIpc) is 2.87. The summed E-state index contributed by atoms with van der Waals surface area (Å²) in [4.78, 5) is 0. The number of hydrogen-bond acceptors (Lipinski definition) is 4. The van der Waals surface area contributed by atoms with Crippen molar-refractivity contribution in [2.45, 2.75) is 51.4 Å². The molecule has 3 aromatic carbocycles. The fourth-order valence-corrected chi connectivity index (χ4v) is 9.64. The molecule has 0 bridgehead atoms. The van der Waals surface area contributed by atoms with Crippen molar-refractivity contribution in [1.82, 2.24) is 0 Å². The lowest BCUT2D eigenvalue weighted by molar-refractivity contribution is -0.106. The van der Waals surface area contributed by atoms with Crippen LogP contribution in [-0.2, 0) is 13.9 Å². The topological polar surface area (TPSA) is 51.5 Å². The molecule has 35 heavy (non-hydrogen) atoms. The Balaban J connectivity index is 2.13. The fourth-order valence-electron chi connectivity index (χ4n) is 4.87. The van der Waals surface area contributed by atoms with Crippen molar-refractivity contribution in [1.29, 1.82) is 5.26 Å². The van der Waals surface area contributed by atoms with Crippen molar-refractivity contribution in [3.8, 4) is 6.07 Å². The normalized spacial score (nSPS) is 14.6. The maximum absolute atomic E-state index is 9.87. The van der Waals surface area contributed by atoms with Crippen LogP contribution >= 0.6 is 0 Å². The van der Waals surface area contributed by atoms with Crippen molar-refractivity contribution >= 4 is 18.7 Å². The standard InChI is InChI=1S/C30H37NO3Si/c1-24(29(33-23-32-5)25-15-9-6-10-16-25)28(21-22-31)34-35(30(2,3)4,26-17-11-7-12-18-26)27-19-13-8-14-20-27/h6-20,24,28-29H,21,23H2,1-5H3/t24-,28+,29+/m0/s1. The molecule has 0 N–H and O–H groups in total. The van der Waals surface area contributed by atoms with E-state index in [0.717, 1.165) is 5.56 Å². The third kappa shape index (κ3) is 6.09. The molecule has 0 aromatic heterocycles. The van der Waals surface area contributed by atoms with Gasteiger partial charge in [-0.25, -0.2) is 0 Å². The molecule has 0 saturated carbocycles. The van der Waals surface area contributed by atoms with Crippen molar-refractivity contribution in [2.75, 3.05) is 13.9 Å². The summed E-state index contributed by atoms with van der Waals surface area (Å²) in [6, 6.07) is 33.6. The van der Waals surface area contributed by atoms with Crippen LogP contribution in [0.1, 0.15) is 45.8 Å². The van der Waals surface area contributed by atoms with Gasteiger partial charge in [0.15, 0.2) is 0 Å². The summed E-state index contributed by atoms with van der Waals surface area (Å²) < 4.78 is 18.8. The molecule has 0 amide bonds. The largest absolute Gasteiger partial charge is 0.403 e. The molecule has 0 spiro atoms. The Kier molecular flexibility index (Phi) is 9.42. The second-order valence-electron chi connectivity index (χ2n) is 9.95. The van der Waals surface area contributed by atoms with Crippen LogP contribution in [0.15, 0.2) is 91.0 Å². The monoisotopic (exact) mass is 487 g/mol. The Labute approximate surface area is 211 Å². The highest BCUT2D eigenvalue weighted by Gasteiger charge is 2.52. The molecule has 0 radical (unpaired) electrons. The van der Waals surface area contributed by atoms with Gasteiger partial charge in [-0.1, -0.05) is 119 Å². The van der Waals surface area contributed by atoms with Gasteiger partial charge in [-0.05, 0) is 21.0 Å². The molecule has 4 nitrogen and oxygen atoms in total. The number of ether oxygens (including phenoxy) is 2. The molecule has 0 heterocycles. The van der Waals surface area contributed by atoms with E-state index >= 15 is 0 Å². The second kappa shape index (κ2) is 12.3. The number of benzene rings is 3. The molecular formula is C30H37NO3Si. The lowest BCUT2D eigenvalue weighted by atomic mass is 9.91. The highest BCUT2D eigenvalue weighted by Crippen LogP contribution is 2.40. The van der Waals surface area contributed by atoms with Gasteiger partial charge in [0, 0.05) is 13.0 Å². The van der Waals surface area contributed by atoms with Crippen LogP contribution in [0.5, 0.6) is 0 Å². The Bertz CT molecular complexity index is 1020. The van der Waals surface area contributed by atoms with Crippen LogP contribution in [0, 0.1) is 17.2 Å². The predicted molar refractivity (Wildman–Crippen MR) is 144 cm³/mol. The van der Waals surface area contributed by atoms with E-state index in [1.165, 1.54) is 10.4 Å². The average molecular weight is 488 g/mol. The molecular weight excluding hydrogens is 450 g/mol. The van der Waals surface area contributed by atoms with Crippen LogP contribution in [0.3, 0.4) is 0 Å². The summed E-state index contributed by atoms with van der Waals surface area (Å²) in [5.41, 5.74) is 1.05. The number of nitrogens with zero attached hydrogens (tertiary/aromatic N) is 1. The Morgan fingerprint density at radius 2 is 1.31 bits per heavy atom. The zero-order valence-corrected chi connectivity index (χ0v) is 22.5. The van der Waals surface area contributed by atoms with E-state index < -0.39 is 8.32 Å².